The quantitative estimate of drug-likeness (QED) is 0.395. The van der Waals surface area contributed by atoms with Gasteiger partial charge < -0.3 is 9.47 Å². The van der Waals surface area contributed by atoms with Crippen LogP contribution in [0.3, 0.4) is 0 Å². The maximum atomic E-state index is 5.38. The van der Waals surface area contributed by atoms with Gasteiger partial charge in [0.2, 0.25) is 0 Å². The summed E-state index contributed by atoms with van der Waals surface area (Å²) in [5.74, 6) is 3.21. The zero-order valence-electron chi connectivity index (χ0n) is 16.3. The smallest absolute Gasteiger partial charge is 0.196 e. The van der Waals surface area contributed by atoms with Crippen molar-refractivity contribution in [3.63, 3.8) is 0 Å². The lowest BCUT2D eigenvalue weighted by molar-refractivity contribution is 0.414. The zero-order valence-corrected chi connectivity index (χ0v) is 17.1. The second kappa shape index (κ2) is 8.84. The third-order valence-corrected chi connectivity index (χ3v) is 5.50. The van der Waals surface area contributed by atoms with Gasteiger partial charge in [0, 0.05) is 17.0 Å². The lowest BCUT2D eigenvalue weighted by Gasteiger charge is -2.11. The van der Waals surface area contributed by atoms with E-state index >= 15 is 0 Å². The molecule has 0 unspecified atom stereocenters. The Hall–Kier alpha value is -3.25. The van der Waals surface area contributed by atoms with E-state index in [9.17, 15) is 0 Å². The third-order valence-electron chi connectivity index (χ3n) is 4.50. The van der Waals surface area contributed by atoms with Crippen molar-refractivity contribution in [2.45, 2.75) is 10.9 Å². The molecule has 29 heavy (non-hydrogen) atoms. The van der Waals surface area contributed by atoms with E-state index in [1.807, 2.05) is 54.6 Å². The first kappa shape index (κ1) is 19.1. The van der Waals surface area contributed by atoms with Crippen LogP contribution in [0.25, 0.3) is 17.1 Å². The number of para-hydroxylation sites is 1. The van der Waals surface area contributed by atoms with Crippen LogP contribution < -0.4 is 9.47 Å². The van der Waals surface area contributed by atoms with Gasteiger partial charge in [-0.25, -0.2) is 0 Å². The number of thioether (sulfide) groups is 1. The Morgan fingerprint density at radius 1 is 0.793 bits per heavy atom. The van der Waals surface area contributed by atoms with Gasteiger partial charge in [-0.1, -0.05) is 54.2 Å². The van der Waals surface area contributed by atoms with Crippen molar-refractivity contribution in [1.29, 1.82) is 0 Å². The first-order valence-corrected chi connectivity index (χ1v) is 10.2. The normalized spacial score (nSPS) is 10.7. The first-order chi connectivity index (χ1) is 14.3. The van der Waals surface area contributed by atoms with Gasteiger partial charge >= 0.3 is 0 Å². The molecular formula is C23H21N3O2S. The SMILES string of the molecule is COc1ccc(CSc2nnc(-c3cccc(OC)c3)n2-c2ccccc2)cc1. The largest absolute Gasteiger partial charge is 0.497 e. The van der Waals surface area contributed by atoms with Gasteiger partial charge in [0.25, 0.3) is 0 Å². The number of methoxy groups -OCH3 is 2. The van der Waals surface area contributed by atoms with Crippen LogP contribution in [0.15, 0.2) is 84.0 Å². The molecule has 4 rings (SSSR count). The van der Waals surface area contributed by atoms with Crippen LogP contribution in [0.4, 0.5) is 0 Å². The van der Waals surface area contributed by atoms with E-state index < -0.39 is 0 Å². The maximum absolute atomic E-state index is 5.38. The number of ether oxygens (including phenoxy) is 2. The van der Waals surface area contributed by atoms with Gasteiger partial charge in [0.1, 0.15) is 11.5 Å². The van der Waals surface area contributed by atoms with Crippen molar-refractivity contribution < 1.29 is 9.47 Å². The van der Waals surface area contributed by atoms with Gasteiger partial charge in [-0.3, -0.25) is 4.57 Å². The number of benzene rings is 3. The fraction of sp³-hybridized carbons (Fsp3) is 0.130. The number of hydrogen-bond donors (Lipinski definition) is 0. The Labute approximate surface area is 174 Å². The second-order valence-corrected chi connectivity index (χ2v) is 7.29. The van der Waals surface area contributed by atoms with E-state index in [4.69, 9.17) is 9.47 Å². The van der Waals surface area contributed by atoms with E-state index in [2.05, 4.69) is 39.0 Å². The summed E-state index contributed by atoms with van der Waals surface area (Å²) in [4.78, 5) is 0. The highest BCUT2D eigenvalue weighted by atomic mass is 32.2. The molecule has 0 radical (unpaired) electrons. The summed E-state index contributed by atoms with van der Waals surface area (Å²) in [6, 6.07) is 26.1. The molecule has 4 aromatic rings. The van der Waals surface area contributed by atoms with Crippen molar-refractivity contribution in [2.24, 2.45) is 0 Å². The van der Waals surface area contributed by atoms with E-state index in [-0.39, 0.29) is 0 Å². The molecule has 3 aromatic carbocycles. The average molecular weight is 404 g/mol. The summed E-state index contributed by atoms with van der Waals surface area (Å²) >= 11 is 1.65. The van der Waals surface area contributed by atoms with E-state index in [0.717, 1.165) is 39.5 Å². The minimum atomic E-state index is 0.785. The standard InChI is InChI=1S/C23H21N3O2S/c1-27-20-13-11-17(12-14-20)16-29-23-25-24-22(18-7-6-10-21(15-18)28-2)26(23)19-8-4-3-5-9-19/h3-15H,16H2,1-2H3. The second-order valence-electron chi connectivity index (χ2n) is 6.35. The summed E-state index contributed by atoms with van der Waals surface area (Å²) in [6.45, 7) is 0. The predicted octanol–water partition coefficient (Wildman–Crippen LogP) is 5.24. The summed E-state index contributed by atoms with van der Waals surface area (Å²) in [5, 5.41) is 9.82. The summed E-state index contributed by atoms with van der Waals surface area (Å²) in [7, 11) is 3.34. The molecule has 0 N–H and O–H groups in total. The van der Waals surface area contributed by atoms with Crippen LogP contribution in [0, 0.1) is 0 Å². The van der Waals surface area contributed by atoms with Crippen molar-refractivity contribution in [1.82, 2.24) is 14.8 Å². The molecular weight excluding hydrogens is 382 g/mol. The summed E-state index contributed by atoms with van der Waals surface area (Å²) < 4.78 is 12.7. The van der Waals surface area contributed by atoms with Crippen LogP contribution in [0.5, 0.6) is 11.5 Å². The number of hydrogen-bond acceptors (Lipinski definition) is 5. The van der Waals surface area contributed by atoms with Gasteiger partial charge in [-0.2, -0.15) is 0 Å². The Morgan fingerprint density at radius 2 is 1.55 bits per heavy atom. The van der Waals surface area contributed by atoms with E-state index in [1.165, 1.54) is 5.56 Å². The molecule has 5 nitrogen and oxygen atoms in total. The van der Waals surface area contributed by atoms with Crippen molar-refractivity contribution in [3.05, 3.63) is 84.4 Å². The van der Waals surface area contributed by atoms with Crippen molar-refractivity contribution in [3.8, 4) is 28.6 Å². The van der Waals surface area contributed by atoms with Crippen LogP contribution in [0.1, 0.15) is 5.56 Å². The molecule has 1 heterocycles. The van der Waals surface area contributed by atoms with E-state index in [0.29, 0.717) is 0 Å². The number of rotatable bonds is 7. The highest BCUT2D eigenvalue weighted by Crippen LogP contribution is 2.31. The molecule has 0 saturated heterocycles. The first-order valence-electron chi connectivity index (χ1n) is 9.19. The monoisotopic (exact) mass is 403 g/mol. The van der Waals surface area contributed by atoms with Gasteiger partial charge in [0.15, 0.2) is 11.0 Å². The zero-order chi connectivity index (χ0) is 20.1. The van der Waals surface area contributed by atoms with Crippen LogP contribution in [-0.4, -0.2) is 29.0 Å². The maximum Gasteiger partial charge on any atom is 0.196 e. The Bertz CT molecular complexity index is 1080. The molecule has 0 atom stereocenters. The minimum absolute atomic E-state index is 0.785. The molecule has 0 saturated carbocycles. The Morgan fingerprint density at radius 3 is 2.28 bits per heavy atom. The van der Waals surface area contributed by atoms with Crippen LogP contribution in [0.2, 0.25) is 0 Å². The molecule has 0 aliphatic heterocycles. The molecule has 0 bridgehead atoms. The molecule has 1 aromatic heterocycles. The van der Waals surface area contributed by atoms with Crippen LogP contribution in [-0.2, 0) is 5.75 Å². The van der Waals surface area contributed by atoms with Gasteiger partial charge in [-0.05, 0) is 42.0 Å². The van der Waals surface area contributed by atoms with Crippen molar-refractivity contribution >= 4 is 11.8 Å². The summed E-state index contributed by atoms with van der Waals surface area (Å²) in [5.41, 5.74) is 3.17. The lowest BCUT2D eigenvalue weighted by Crippen LogP contribution is -1.99. The molecule has 0 fully saturated rings. The molecule has 6 heteroatoms. The number of aromatic nitrogens is 3. The minimum Gasteiger partial charge on any atom is -0.497 e. The molecule has 0 aliphatic rings. The predicted molar refractivity (Wildman–Crippen MR) is 116 cm³/mol. The molecule has 0 aliphatic carbocycles. The average Bonchev–Trinajstić information content (AvgIpc) is 3.22. The number of nitrogens with zero attached hydrogens (tertiary/aromatic N) is 3. The lowest BCUT2D eigenvalue weighted by atomic mass is 10.2. The van der Waals surface area contributed by atoms with Gasteiger partial charge in [-0.15, -0.1) is 10.2 Å². The van der Waals surface area contributed by atoms with Crippen LogP contribution >= 0.6 is 11.8 Å². The molecule has 146 valence electrons. The third kappa shape index (κ3) is 4.27. The fourth-order valence-electron chi connectivity index (χ4n) is 2.99. The topological polar surface area (TPSA) is 49.2 Å². The summed E-state index contributed by atoms with van der Waals surface area (Å²) in [6.07, 6.45) is 0. The fourth-order valence-corrected chi connectivity index (χ4v) is 3.90. The highest BCUT2D eigenvalue weighted by molar-refractivity contribution is 7.98. The Kier molecular flexibility index (Phi) is 5.81. The molecule has 0 amide bonds. The molecule has 0 spiro atoms. The van der Waals surface area contributed by atoms with E-state index in [1.54, 1.807) is 26.0 Å². The highest BCUT2D eigenvalue weighted by Gasteiger charge is 2.16. The van der Waals surface area contributed by atoms with Gasteiger partial charge in [0.05, 0.1) is 14.2 Å². The Balaban J connectivity index is 1.69. The van der Waals surface area contributed by atoms with Crippen molar-refractivity contribution in [2.75, 3.05) is 14.2 Å².